The van der Waals surface area contributed by atoms with Crippen LogP contribution in [0.3, 0.4) is 0 Å². The van der Waals surface area contributed by atoms with Gasteiger partial charge in [0, 0.05) is 25.6 Å². The minimum Gasteiger partial charge on any atom is -0.496 e. The monoisotopic (exact) mass is 422 g/mol. The lowest BCUT2D eigenvalue weighted by atomic mass is 10.1. The second kappa shape index (κ2) is 11.4. The van der Waals surface area contributed by atoms with Crippen molar-refractivity contribution in [1.29, 1.82) is 0 Å². The Kier molecular flexibility index (Phi) is 8.88. The van der Waals surface area contributed by atoms with Crippen LogP contribution >= 0.6 is 11.3 Å². The molecule has 9 heteroatoms. The van der Waals surface area contributed by atoms with Gasteiger partial charge in [0.25, 0.3) is 5.91 Å². The van der Waals surface area contributed by atoms with Gasteiger partial charge in [-0.2, -0.15) is 0 Å². The third-order valence-electron chi connectivity index (χ3n) is 4.07. The van der Waals surface area contributed by atoms with Gasteiger partial charge in [-0.1, -0.05) is 6.07 Å². The van der Waals surface area contributed by atoms with Crippen LogP contribution in [0, 0.1) is 0 Å². The number of rotatable bonds is 11. The Morgan fingerprint density at radius 2 is 1.83 bits per heavy atom. The Morgan fingerprint density at radius 3 is 2.41 bits per heavy atom. The minimum atomic E-state index is -0.473. The van der Waals surface area contributed by atoms with Crippen LogP contribution in [0.4, 0.5) is 0 Å². The largest absolute Gasteiger partial charge is 0.496 e. The smallest absolute Gasteiger partial charge is 0.357 e. The Balaban J connectivity index is 2.29. The molecule has 0 atom stereocenters. The minimum absolute atomic E-state index is 0.242. The van der Waals surface area contributed by atoms with Gasteiger partial charge in [0.2, 0.25) is 0 Å². The number of benzene rings is 1. The van der Waals surface area contributed by atoms with Gasteiger partial charge in [-0.05, 0) is 25.5 Å². The molecule has 1 heterocycles. The van der Waals surface area contributed by atoms with Gasteiger partial charge in [0.1, 0.15) is 22.1 Å². The van der Waals surface area contributed by atoms with E-state index in [9.17, 15) is 9.59 Å². The molecule has 1 amide bonds. The molecule has 0 N–H and O–H groups in total. The summed E-state index contributed by atoms with van der Waals surface area (Å²) in [4.78, 5) is 31.2. The van der Waals surface area contributed by atoms with E-state index in [4.69, 9.17) is 18.9 Å². The third kappa shape index (κ3) is 5.91. The highest BCUT2D eigenvalue weighted by atomic mass is 32.1. The van der Waals surface area contributed by atoms with Gasteiger partial charge in [-0.15, -0.1) is 11.3 Å². The Hall–Kier alpha value is -2.65. The fourth-order valence-corrected chi connectivity index (χ4v) is 3.50. The zero-order valence-corrected chi connectivity index (χ0v) is 17.9. The number of nitrogens with zero attached hydrogens (tertiary/aromatic N) is 2. The van der Waals surface area contributed by atoms with E-state index in [2.05, 4.69) is 4.98 Å². The molecule has 0 aliphatic heterocycles. The molecule has 0 fully saturated rings. The molecule has 0 saturated heterocycles. The number of carbonyl (C=O) groups is 2. The predicted molar refractivity (Wildman–Crippen MR) is 109 cm³/mol. The van der Waals surface area contributed by atoms with E-state index in [1.54, 1.807) is 42.5 Å². The number of methoxy groups -OCH3 is 3. The van der Waals surface area contributed by atoms with Crippen LogP contribution in [0.2, 0.25) is 0 Å². The SMILES string of the molecule is CCOC(=O)c1csc(CN(CCCOC)C(=O)c2c(OC)cccc2OC)n1. The zero-order chi connectivity index (χ0) is 21.2. The van der Waals surface area contributed by atoms with E-state index in [0.29, 0.717) is 41.6 Å². The number of hydrogen-bond acceptors (Lipinski definition) is 8. The van der Waals surface area contributed by atoms with Crippen LogP contribution < -0.4 is 9.47 Å². The number of amides is 1. The van der Waals surface area contributed by atoms with Gasteiger partial charge < -0.3 is 23.8 Å². The molecular weight excluding hydrogens is 396 g/mol. The van der Waals surface area contributed by atoms with E-state index in [-0.39, 0.29) is 24.8 Å². The van der Waals surface area contributed by atoms with Crippen LogP contribution in [0.25, 0.3) is 0 Å². The van der Waals surface area contributed by atoms with Crippen molar-refractivity contribution in [2.24, 2.45) is 0 Å². The summed E-state index contributed by atoms with van der Waals surface area (Å²) in [6, 6.07) is 5.19. The zero-order valence-electron chi connectivity index (χ0n) is 17.1. The molecule has 29 heavy (non-hydrogen) atoms. The second-order valence-electron chi connectivity index (χ2n) is 5.96. The molecule has 2 aromatic rings. The molecule has 8 nitrogen and oxygen atoms in total. The molecule has 0 unspecified atom stereocenters. The molecule has 2 rings (SSSR count). The molecule has 0 spiro atoms. The molecule has 0 radical (unpaired) electrons. The summed E-state index contributed by atoms with van der Waals surface area (Å²) >= 11 is 1.30. The summed E-state index contributed by atoms with van der Waals surface area (Å²) in [6.45, 7) is 3.22. The summed E-state index contributed by atoms with van der Waals surface area (Å²) in [5.41, 5.74) is 0.586. The first-order valence-electron chi connectivity index (χ1n) is 9.16. The van der Waals surface area contributed by atoms with Gasteiger partial charge in [0.15, 0.2) is 5.69 Å². The van der Waals surface area contributed by atoms with E-state index in [1.165, 1.54) is 25.6 Å². The first kappa shape index (κ1) is 22.6. The van der Waals surface area contributed by atoms with Gasteiger partial charge >= 0.3 is 5.97 Å². The second-order valence-corrected chi connectivity index (χ2v) is 6.90. The lowest BCUT2D eigenvalue weighted by Gasteiger charge is -2.23. The standard InChI is InChI=1S/C20H26N2O6S/c1-5-28-20(24)14-13-29-17(21-14)12-22(10-7-11-25-2)19(23)18-15(26-3)8-6-9-16(18)27-4/h6,8-9,13H,5,7,10-12H2,1-4H3. The summed E-state index contributed by atoms with van der Waals surface area (Å²) in [5, 5.41) is 2.27. The first-order chi connectivity index (χ1) is 14.0. The highest BCUT2D eigenvalue weighted by Crippen LogP contribution is 2.30. The summed E-state index contributed by atoms with van der Waals surface area (Å²) in [7, 11) is 4.63. The van der Waals surface area contributed by atoms with E-state index in [1.807, 2.05) is 0 Å². The van der Waals surface area contributed by atoms with Crippen LogP contribution in [-0.4, -0.2) is 62.8 Å². The van der Waals surface area contributed by atoms with Crippen LogP contribution in [0.5, 0.6) is 11.5 Å². The van der Waals surface area contributed by atoms with Gasteiger partial charge in [-0.25, -0.2) is 9.78 Å². The molecule has 0 aliphatic carbocycles. The molecular formula is C20H26N2O6S. The molecule has 1 aromatic carbocycles. The summed E-state index contributed by atoms with van der Waals surface area (Å²) in [5.74, 6) is 0.136. The fraction of sp³-hybridized carbons (Fsp3) is 0.450. The number of ether oxygens (including phenoxy) is 4. The van der Waals surface area contributed by atoms with Crippen molar-refractivity contribution in [3.05, 3.63) is 39.8 Å². The molecule has 0 aliphatic rings. The van der Waals surface area contributed by atoms with E-state index in [0.717, 1.165) is 0 Å². The maximum atomic E-state index is 13.4. The van der Waals surface area contributed by atoms with Crippen molar-refractivity contribution in [3.8, 4) is 11.5 Å². The van der Waals surface area contributed by atoms with E-state index < -0.39 is 5.97 Å². The van der Waals surface area contributed by atoms with Crippen molar-refractivity contribution in [1.82, 2.24) is 9.88 Å². The maximum Gasteiger partial charge on any atom is 0.357 e. The Morgan fingerprint density at radius 1 is 1.14 bits per heavy atom. The quantitative estimate of drug-likeness (QED) is 0.406. The number of hydrogen-bond donors (Lipinski definition) is 0. The number of carbonyl (C=O) groups excluding carboxylic acids is 2. The van der Waals surface area contributed by atoms with Crippen LogP contribution in [-0.2, 0) is 16.0 Å². The van der Waals surface area contributed by atoms with Crippen molar-refractivity contribution >= 4 is 23.2 Å². The van der Waals surface area contributed by atoms with Gasteiger partial charge in [0.05, 0.1) is 27.4 Å². The van der Waals surface area contributed by atoms with Crippen molar-refractivity contribution in [2.75, 3.05) is 41.1 Å². The van der Waals surface area contributed by atoms with Crippen molar-refractivity contribution in [2.45, 2.75) is 19.9 Å². The Bertz CT molecular complexity index is 801. The van der Waals surface area contributed by atoms with Crippen LogP contribution in [0.1, 0.15) is 39.2 Å². The number of aromatic nitrogens is 1. The summed E-state index contributed by atoms with van der Waals surface area (Å²) in [6.07, 6.45) is 0.649. The highest BCUT2D eigenvalue weighted by Gasteiger charge is 2.25. The third-order valence-corrected chi connectivity index (χ3v) is 4.90. The average Bonchev–Trinajstić information content (AvgIpc) is 3.21. The maximum absolute atomic E-state index is 13.4. The molecule has 0 saturated carbocycles. The molecule has 0 bridgehead atoms. The normalized spacial score (nSPS) is 10.5. The topological polar surface area (TPSA) is 87.2 Å². The summed E-state index contributed by atoms with van der Waals surface area (Å²) < 4.78 is 20.8. The number of thiazole rings is 1. The average molecular weight is 423 g/mol. The molecule has 158 valence electrons. The predicted octanol–water partition coefficient (Wildman–Crippen LogP) is 3.02. The van der Waals surface area contributed by atoms with Crippen molar-refractivity contribution in [3.63, 3.8) is 0 Å². The Labute approximate surface area is 174 Å². The van der Waals surface area contributed by atoms with Gasteiger partial charge in [-0.3, -0.25) is 4.79 Å². The first-order valence-corrected chi connectivity index (χ1v) is 10.0. The van der Waals surface area contributed by atoms with Crippen LogP contribution in [0.15, 0.2) is 23.6 Å². The highest BCUT2D eigenvalue weighted by molar-refractivity contribution is 7.09. The molecule has 1 aromatic heterocycles. The van der Waals surface area contributed by atoms with Crippen molar-refractivity contribution < 1.29 is 28.5 Å². The number of esters is 1. The lowest BCUT2D eigenvalue weighted by molar-refractivity contribution is 0.0520. The fourth-order valence-electron chi connectivity index (χ4n) is 2.72. The van der Waals surface area contributed by atoms with E-state index >= 15 is 0 Å². The lowest BCUT2D eigenvalue weighted by Crippen LogP contribution is -2.32.